The van der Waals surface area contributed by atoms with Crippen LogP contribution in [0.2, 0.25) is 0 Å². The third-order valence-electron chi connectivity index (χ3n) is 3.07. The average molecular weight is 297 g/mol. The zero-order chi connectivity index (χ0) is 15.6. The average Bonchev–Trinajstić information content (AvgIpc) is 2.42. The van der Waals surface area contributed by atoms with Crippen LogP contribution in [0.15, 0.2) is 23.3 Å². The van der Waals surface area contributed by atoms with Gasteiger partial charge in [-0.3, -0.25) is 9.78 Å². The first-order chi connectivity index (χ1) is 9.84. The fourth-order valence-corrected chi connectivity index (χ4v) is 2.03. The van der Waals surface area contributed by atoms with E-state index in [0.29, 0.717) is 12.2 Å². The first-order valence-corrected chi connectivity index (χ1v) is 6.46. The third kappa shape index (κ3) is 3.12. The molecule has 0 aliphatic heterocycles. The predicted molar refractivity (Wildman–Crippen MR) is 71.8 cm³/mol. The highest BCUT2D eigenvalue weighted by atomic mass is 19.4. The van der Waals surface area contributed by atoms with Crippen LogP contribution in [0.1, 0.15) is 30.3 Å². The maximum atomic E-state index is 13.1. The molecular weight excluding hydrogens is 283 g/mol. The Morgan fingerprint density at radius 1 is 1.33 bits per heavy atom. The van der Waals surface area contributed by atoms with E-state index in [0.717, 1.165) is 24.9 Å². The van der Waals surface area contributed by atoms with Crippen molar-refractivity contribution in [2.24, 2.45) is 0 Å². The van der Waals surface area contributed by atoms with Gasteiger partial charge in [-0.05, 0) is 19.4 Å². The van der Waals surface area contributed by atoms with Gasteiger partial charge in [0, 0.05) is 29.9 Å². The summed E-state index contributed by atoms with van der Waals surface area (Å²) >= 11 is 0. The van der Waals surface area contributed by atoms with E-state index in [1.807, 2.05) is 6.92 Å². The Labute approximate surface area is 119 Å². The number of rotatable bonds is 3. The predicted octanol–water partition coefficient (Wildman–Crippen LogP) is 3.11. The van der Waals surface area contributed by atoms with Gasteiger partial charge in [0.05, 0.1) is 11.3 Å². The van der Waals surface area contributed by atoms with Crippen molar-refractivity contribution in [2.75, 3.05) is 0 Å². The minimum atomic E-state index is -4.53. The SMILES string of the molecule is CCCc1nc(-c2cnccc2C(F)(F)F)c(C)c(=O)[nH]1. The molecule has 1 N–H and O–H groups in total. The van der Waals surface area contributed by atoms with Crippen LogP contribution in [-0.4, -0.2) is 15.0 Å². The molecule has 4 nitrogen and oxygen atoms in total. The van der Waals surface area contributed by atoms with Crippen molar-refractivity contribution in [3.8, 4) is 11.3 Å². The Morgan fingerprint density at radius 3 is 2.67 bits per heavy atom. The van der Waals surface area contributed by atoms with Gasteiger partial charge in [0.2, 0.25) is 0 Å². The number of aromatic nitrogens is 3. The van der Waals surface area contributed by atoms with E-state index < -0.39 is 17.3 Å². The molecule has 112 valence electrons. The maximum Gasteiger partial charge on any atom is 0.417 e. The van der Waals surface area contributed by atoms with Crippen LogP contribution < -0.4 is 5.56 Å². The molecule has 0 amide bonds. The molecule has 2 aromatic rings. The Hall–Kier alpha value is -2.18. The number of aryl methyl sites for hydroxylation is 1. The van der Waals surface area contributed by atoms with Gasteiger partial charge in [-0.15, -0.1) is 0 Å². The summed E-state index contributed by atoms with van der Waals surface area (Å²) in [6.45, 7) is 3.34. The largest absolute Gasteiger partial charge is 0.417 e. The number of H-pyrrole nitrogens is 1. The van der Waals surface area contributed by atoms with Crippen LogP contribution >= 0.6 is 0 Å². The summed E-state index contributed by atoms with van der Waals surface area (Å²) in [7, 11) is 0. The summed E-state index contributed by atoms with van der Waals surface area (Å²) in [6, 6.07) is 0.886. The van der Waals surface area contributed by atoms with Crippen LogP contribution in [0.3, 0.4) is 0 Å². The van der Waals surface area contributed by atoms with Crippen LogP contribution in [0.25, 0.3) is 11.3 Å². The van der Waals surface area contributed by atoms with Crippen molar-refractivity contribution >= 4 is 0 Å². The minimum Gasteiger partial charge on any atom is -0.310 e. The molecule has 0 aromatic carbocycles. The van der Waals surface area contributed by atoms with Crippen LogP contribution in [0.5, 0.6) is 0 Å². The zero-order valence-electron chi connectivity index (χ0n) is 11.6. The lowest BCUT2D eigenvalue weighted by Gasteiger charge is -2.13. The number of nitrogens with zero attached hydrogens (tertiary/aromatic N) is 2. The number of pyridine rings is 1. The zero-order valence-corrected chi connectivity index (χ0v) is 11.6. The van der Waals surface area contributed by atoms with Crippen LogP contribution in [0.4, 0.5) is 13.2 Å². The summed E-state index contributed by atoms with van der Waals surface area (Å²) < 4.78 is 39.2. The molecule has 0 bridgehead atoms. The minimum absolute atomic E-state index is 0.0302. The van der Waals surface area contributed by atoms with Gasteiger partial charge < -0.3 is 4.98 Å². The number of halogens is 3. The van der Waals surface area contributed by atoms with Gasteiger partial charge in [-0.2, -0.15) is 13.2 Å². The first kappa shape index (κ1) is 15.2. The van der Waals surface area contributed by atoms with Gasteiger partial charge in [-0.25, -0.2) is 4.98 Å². The Bertz CT molecular complexity index is 707. The highest BCUT2D eigenvalue weighted by Crippen LogP contribution is 2.36. The maximum absolute atomic E-state index is 13.1. The molecule has 0 unspecified atom stereocenters. The Kier molecular flexibility index (Phi) is 4.11. The number of nitrogens with one attached hydrogen (secondary N) is 1. The summed E-state index contributed by atoms with van der Waals surface area (Å²) in [4.78, 5) is 22.4. The normalized spacial score (nSPS) is 11.7. The van der Waals surface area contributed by atoms with E-state index in [9.17, 15) is 18.0 Å². The molecule has 0 atom stereocenters. The molecule has 0 fully saturated rings. The molecule has 2 heterocycles. The van der Waals surface area contributed by atoms with Crippen LogP contribution in [-0.2, 0) is 12.6 Å². The number of hydrogen-bond acceptors (Lipinski definition) is 3. The van der Waals surface area contributed by atoms with E-state index in [2.05, 4.69) is 15.0 Å². The quantitative estimate of drug-likeness (QED) is 0.947. The molecular formula is C14H14F3N3O. The smallest absolute Gasteiger partial charge is 0.310 e. The van der Waals surface area contributed by atoms with E-state index in [1.165, 1.54) is 6.92 Å². The molecule has 0 saturated carbocycles. The van der Waals surface area contributed by atoms with Crippen molar-refractivity contribution < 1.29 is 13.2 Å². The van der Waals surface area contributed by atoms with Crippen molar-refractivity contribution in [1.29, 1.82) is 0 Å². The lowest BCUT2D eigenvalue weighted by molar-refractivity contribution is -0.137. The van der Waals surface area contributed by atoms with E-state index >= 15 is 0 Å². The van der Waals surface area contributed by atoms with Gasteiger partial charge in [0.25, 0.3) is 5.56 Å². The Morgan fingerprint density at radius 2 is 2.05 bits per heavy atom. The van der Waals surface area contributed by atoms with Crippen molar-refractivity contribution in [2.45, 2.75) is 32.9 Å². The fraction of sp³-hybridized carbons (Fsp3) is 0.357. The summed E-state index contributed by atoms with van der Waals surface area (Å²) in [5.41, 5.74) is -1.27. The van der Waals surface area contributed by atoms with E-state index in [-0.39, 0.29) is 16.8 Å². The molecule has 0 spiro atoms. The van der Waals surface area contributed by atoms with Gasteiger partial charge in [0.1, 0.15) is 5.82 Å². The van der Waals surface area contributed by atoms with E-state index in [1.54, 1.807) is 0 Å². The van der Waals surface area contributed by atoms with E-state index in [4.69, 9.17) is 0 Å². The van der Waals surface area contributed by atoms with Gasteiger partial charge in [-0.1, -0.05) is 6.92 Å². The number of aromatic amines is 1. The van der Waals surface area contributed by atoms with Crippen molar-refractivity contribution in [3.05, 3.63) is 45.8 Å². The monoisotopic (exact) mass is 297 g/mol. The molecule has 0 saturated heterocycles. The first-order valence-electron chi connectivity index (χ1n) is 6.46. The summed E-state index contributed by atoms with van der Waals surface area (Å²) in [5.74, 6) is 0.375. The lowest BCUT2D eigenvalue weighted by atomic mass is 10.0. The highest BCUT2D eigenvalue weighted by molar-refractivity contribution is 5.66. The third-order valence-corrected chi connectivity index (χ3v) is 3.07. The second-order valence-corrected chi connectivity index (χ2v) is 4.66. The Balaban J connectivity index is 2.70. The molecule has 2 rings (SSSR count). The number of alkyl halides is 3. The molecule has 0 aliphatic rings. The van der Waals surface area contributed by atoms with Crippen molar-refractivity contribution in [3.63, 3.8) is 0 Å². The molecule has 21 heavy (non-hydrogen) atoms. The highest BCUT2D eigenvalue weighted by Gasteiger charge is 2.34. The number of hydrogen-bond donors (Lipinski definition) is 1. The topological polar surface area (TPSA) is 58.6 Å². The van der Waals surface area contributed by atoms with Gasteiger partial charge >= 0.3 is 6.18 Å². The molecule has 2 aromatic heterocycles. The van der Waals surface area contributed by atoms with Crippen molar-refractivity contribution in [1.82, 2.24) is 15.0 Å². The molecule has 7 heteroatoms. The lowest BCUT2D eigenvalue weighted by Crippen LogP contribution is -2.17. The molecule has 0 radical (unpaired) electrons. The van der Waals surface area contributed by atoms with Gasteiger partial charge in [0.15, 0.2) is 0 Å². The molecule has 0 aliphatic carbocycles. The summed E-state index contributed by atoms with van der Waals surface area (Å²) in [6.07, 6.45) is -1.15. The second kappa shape index (κ2) is 5.67. The fourth-order valence-electron chi connectivity index (χ4n) is 2.03. The second-order valence-electron chi connectivity index (χ2n) is 4.66. The summed E-state index contributed by atoms with van der Waals surface area (Å²) in [5, 5.41) is 0. The van der Waals surface area contributed by atoms with Crippen LogP contribution in [0, 0.1) is 6.92 Å². The standard InChI is InChI=1S/C14H14F3N3O/c1-3-4-11-19-12(8(2)13(21)20-11)9-7-18-6-5-10(9)14(15,16)17/h5-7H,3-4H2,1-2H3,(H,19,20,21).